The number of nitrogens with one attached hydrogen (secondary N) is 1. The van der Waals surface area contributed by atoms with Crippen molar-refractivity contribution in [2.75, 3.05) is 4.90 Å². The molecule has 0 bridgehead atoms. The summed E-state index contributed by atoms with van der Waals surface area (Å²) in [6.07, 6.45) is 4.42. The summed E-state index contributed by atoms with van der Waals surface area (Å²) in [5, 5.41) is 2.21. The zero-order valence-corrected chi connectivity index (χ0v) is 15.9. The van der Waals surface area contributed by atoms with Gasteiger partial charge in [-0.1, -0.05) is 42.1 Å². The molecule has 0 saturated carbocycles. The minimum atomic E-state index is -0.780. The number of hydrogen-bond acceptors (Lipinski definition) is 5. The largest absolute Gasteiger partial charge is 0.335 e. The first-order valence-electron chi connectivity index (χ1n) is 8.76. The standard InChI is InChI=1S/C22H15N3O3S/c26-20-19(21(27)25(22(28)24-20)16-10-12-23-13-11-16)14-15-6-8-18(9-7-15)29-17-4-2-1-3-5-17/h1-14H,(H,24,26,28)/b19-14+. The normalized spacial score (nSPS) is 15.5. The smallest absolute Gasteiger partial charge is 0.273 e. The highest BCUT2D eigenvalue weighted by Gasteiger charge is 2.36. The van der Waals surface area contributed by atoms with Crippen molar-refractivity contribution in [2.24, 2.45) is 0 Å². The Labute approximate surface area is 171 Å². The Balaban J connectivity index is 1.58. The molecule has 4 amide bonds. The zero-order chi connectivity index (χ0) is 20.2. The van der Waals surface area contributed by atoms with E-state index < -0.39 is 17.8 Å². The maximum atomic E-state index is 12.8. The minimum Gasteiger partial charge on any atom is -0.273 e. The summed E-state index contributed by atoms with van der Waals surface area (Å²) < 4.78 is 0. The Bertz CT molecular complexity index is 1100. The summed E-state index contributed by atoms with van der Waals surface area (Å²) in [6.45, 7) is 0. The third-order valence-electron chi connectivity index (χ3n) is 4.19. The van der Waals surface area contributed by atoms with Gasteiger partial charge in [-0.15, -0.1) is 0 Å². The molecule has 1 fully saturated rings. The topological polar surface area (TPSA) is 79.4 Å². The number of rotatable bonds is 4. The first-order chi connectivity index (χ1) is 14.1. The molecule has 1 saturated heterocycles. The van der Waals surface area contributed by atoms with Crippen LogP contribution in [0.2, 0.25) is 0 Å². The van der Waals surface area contributed by atoms with Crippen molar-refractivity contribution in [3.05, 3.63) is 90.3 Å². The van der Waals surface area contributed by atoms with Crippen LogP contribution in [0, 0.1) is 0 Å². The van der Waals surface area contributed by atoms with E-state index in [2.05, 4.69) is 10.3 Å². The van der Waals surface area contributed by atoms with Gasteiger partial charge in [0.1, 0.15) is 5.57 Å². The molecule has 142 valence electrons. The number of amides is 4. The molecule has 1 N–H and O–H groups in total. The number of carbonyl (C=O) groups is 3. The van der Waals surface area contributed by atoms with E-state index in [1.807, 2.05) is 54.6 Å². The van der Waals surface area contributed by atoms with Gasteiger partial charge in [-0.3, -0.25) is 19.9 Å². The molecule has 0 spiro atoms. The van der Waals surface area contributed by atoms with Gasteiger partial charge >= 0.3 is 6.03 Å². The lowest BCUT2D eigenvalue weighted by atomic mass is 10.1. The third kappa shape index (κ3) is 4.09. The monoisotopic (exact) mass is 401 g/mol. The van der Waals surface area contributed by atoms with Gasteiger partial charge < -0.3 is 0 Å². The van der Waals surface area contributed by atoms with Crippen LogP contribution < -0.4 is 10.2 Å². The van der Waals surface area contributed by atoms with E-state index in [-0.39, 0.29) is 5.57 Å². The third-order valence-corrected chi connectivity index (χ3v) is 5.21. The Morgan fingerprint density at radius 1 is 0.828 bits per heavy atom. The number of hydrogen-bond donors (Lipinski definition) is 1. The molecule has 1 aliphatic rings. The fourth-order valence-corrected chi connectivity index (χ4v) is 3.65. The maximum absolute atomic E-state index is 12.8. The number of imide groups is 2. The van der Waals surface area contributed by atoms with Gasteiger partial charge in [-0.05, 0) is 48.0 Å². The molecule has 1 aliphatic heterocycles. The van der Waals surface area contributed by atoms with Gasteiger partial charge in [0.05, 0.1) is 5.69 Å². The molecule has 0 atom stereocenters. The van der Waals surface area contributed by atoms with Crippen molar-refractivity contribution < 1.29 is 14.4 Å². The lowest BCUT2D eigenvalue weighted by Gasteiger charge is -2.26. The van der Waals surface area contributed by atoms with Gasteiger partial charge in [-0.25, -0.2) is 9.69 Å². The molecule has 2 heterocycles. The predicted molar refractivity (Wildman–Crippen MR) is 110 cm³/mol. The SMILES string of the molecule is O=C1NC(=O)N(c2ccncc2)C(=O)/C1=C/c1ccc(Sc2ccccc2)cc1. The number of pyridine rings is 1. The van der Waals surface area contributed by atoms with Gasteiger partial charge in [0.25, 0.3) is 11.8 Å². The Hall–Kier alpha value is -3.71. The van der Waals surface area contributed by atoms with Gasteiger partial charge in [0, 0.05) is 22.2 Å². The highest BCUT2D eigenvalue weighted by Crippen LogP contribution is 2.28. The second kappa shape index (κ2) is 8.12. The number of anilines is 1. The minimum absolute atomic E-state index is 0.107. The lowest BCUT2D eigenvalue weighted by molar-refractivity contribution is -0.122. The van der Waals surface area contributed by atoms with Crippen LogP contribution in [0.3, 0.4) is 0 Å². The van der Waals surface area contributed by atoms with Crippen LogP contribution >= 0.6 is 11.8 Å². The van der Waals surface area contributed by atoms with Crippen LogP contribution in [0.1, 0.15) is 5.56 Å². The molecule has 7 heteroatoms. The van der Waals surface area contributed by atoms with Crippen molar-refractivity contribution >= 4 is 41.4 Å². The highest BCUT2D eigenvalue weighted by molar-refractivity contribution is 7.99. The molecular formula is C22H15N3O3S. The molecule has 1 aromatic heterocycles. The summed E-state index contributed by atoms with van der Waals surface area (Å²) in [7, 11) is 0. The number of benzene rings is 2. The second-order valence-electron chi connectivity index (χ2n) is 6.15. The molecule has 29 heavy (non-hydrogen) atoms. The lowest BCUT2D eigenvalue weighted by Crippen LogP contribution is -2.54. The van der Waals surface area contributed by atoms with E-state index in [9.17, 15) is 14.4 Å². The quantitative estimate of drug-likeness (QED) is 0.530. The van der Waals surface area contributed by atoms with Crippen LogP contribution in [0.25, 0.3) is 6.08 Å². The molecule has 3 aromatic rings. The Morgan fingerprint density at radius 3 is 2.17 bits per heavy atom. The average molecular weight is 401 g/mol. The first-order valence-corrected chi connectivity index (χ1v) is 9.58. The summed E-state index contributed by atoms with van der Waals surface area (Å²) in [5.74, 6) is -1.39. The van der Waals surface area contributed by atoms with E-state index in [0.717, 1.165) is 14.7 Å². The van der Waals surface area contributed by atoms with E-state index in [4.69, 9.17) is 0 Å². The van der Waals surface area contributed by atoms with Gasteiger partial charge in [-0.2, -0.15) is 0 Å². The molecule has 0 unspecified atom stereocenters. The highest BCUT2D eigenvalue weighted by atomic mass is 32.2. The van der Waals surface area contributed by atoms with E-state index in [1.54, 1.807) is 11.8 Å². The molecule has 2 aromatic carbocycles. The average Bonchev–Trinajstić information content (AvgIpc) is 2.74. The first kappa shape index (κ1) is 18.6. The summed E-state index contributed by atoms with van der Waals surface area (Å²) in [6, 6.07) is 19.7. The summed E-state index contributed by atoms with van der Waals surface area (Å²) in [4.78, 5) is 44.2. The van der Waals surface area contributed by atoms with Crippen LogP contribution in [0.15, 0.2) is 94.5 Å². The predicted octanol–water partition coefficient (Wildman–Crippen LogP) is 3.90. The molecule has 4 rings (SSSR count). The number of carbonyl (C=O) groups excluding carboxylic acids is 3. The van der Waals surface area contributed by atoms with E-state index >= 15 is 0 Å². The van der Waals surface area contributed by atoms with Crippen molar-refractivity contribution in [1.82, 2.24) is 10.3 Å². The number of aromatic nitrogens is 1. The van der Waals surface area contributed by atoms with Crippen LogP contribution in [-0.4, -0.2) is 22.8 Å². The number of urea groups is 1. The fraction of sp³-hybridized carbons (Fsp3) is 0. The van der Waals surface area contributed by atoms with Gasteiger partial charge in [0.15, 0.2) is 0 Å². The maximum Gasteiger partial charge on any atom is 0.335 e. The van der Waals surface area contributed by atoms with Crippen molar-refractivity contribution in [3.8, 4) is 0 Å². The molecule has 6 nitrogen and oxygen atoms in total. The Morgan fingerprint density at radius 2 is 1.48 bits per heavy atom. The van der Waals surface area contributed by atoms with Crippen molar-refractivity contribution in [1.29, 1.82) is 0 Å². The van der Waals surface area contributed by atoms with E-state index in [1.165, 1.54) is 30.6 Å². The van der Waals surface area contributed by atoms with E-state index in [0.29, 0.717) is 11.3 Å². The zero-order valence-electron chi connectivity index (χ0n) is 15.1. The van der Waals surface area contributed by atoms with Gasteiger partial charge in [0.2, 0.25) is 0 Å². The van der Waals surface area contributed by atoms with Crippen molar-refractivity contribution in [3.63, 3.8) is 0 Å². The molecule has 0 radical (unpaired) electrons. The number of barbiturate groups is 1. The second-order valence-corrected chi connectivity index (χ2v) is 7.29. The molecule has 0 aliphatic carbocycles. The van der Waals surface area contributed by atoms with Crippen molar-refractivity contribution in [2.45, 2.75) is 9.79 Å². The van der Waals surface area contributed by atoms with Crippen LogP contribution in [-0.2, 0) is 9.59 Å². The number of nitrogens with zero attached hydrogens (tertiary/aromatic N) is 2. The van der Waals surface area contributed by atoms with Crippen LogP contribution in [0.5, 0.6) is 0 Å². The Kier molecular flexibility index (Phi) is 5.22. The van der Waals surface area contributed by atoms with Crippen LogP contribution in [0.4, 0.5) is 10.5 Å². The summed E-state index contributed by atoms with van der Waals surface area (Å²) in [5.41, 5.74) is 0.922. The fourth-order valence-electron chi connectivity index (χ4n) is 2.81. The molecular weight excluding hydrogens is 386 g/mol. The summed E-state index contributed by atoms with van der Waals surface area (Å²) >= 11 is 1.62.